The molecular formula is C23H20BrClN2O4. The van der Waals surface area contributed by atoms with Crippen molar-refractivity contribution >= 4 is 50.7 Å². The largest absolute Gasteiger partial charge is 0.484 e. The van der Waals surface area contributed by atoms with Gasteiger partial charge in [-0.2, -0.15) is 0 Å². The molecule has 31 heavy (non-hydrogen) atoms. The molecule has 0 spiro atoms. The summed E-state index contributed by atoms with van der Waals surface area (Å²) in [5.74, 6) is 0.431. The molecule has 0 aliphatic heterocycles. The summed E-state index contributed by atoms with van der Waals surface area (Å²) < 4.78 is 12.0. The van der Waals surface area contributed by atoms with Gasteiger partial charge in [-0.15, -0.1) is 0 Å². The number of anilines is 2. The van der Waals surface area contributed by atoms with Crippen LogP contribution < -0.4 is 20.1 Å². The Morgan fingerprint density at radius 3 is 2.19 bits per heavy atom. The second-order valence-corrected chi connectivity index (χ2v) is 7.87. The Morgan fingerprint density at radius 2 is 1.55 bits per heavy atom. The quantitative estimate of drug-likeness (QED) is 0.424. The van der Waals surface area contributed by atoms with E-state index in [-0.39, 0.29) is 18.4 Å². The van der Waals surface area contributed by atoms with Crippen LogP contribution in [0.25, 0.3) is 0 Å². The van der Waals surface area contributed by atoms with Crippen LogP contribution in [0.2, 0.25) is 5.02 Å². The van der Waals surface area contributed by atoms with Gasteiger partial charge in [0, 0.05) is 15.8 Å². The number of para-hydroxylation sites is 1. The topological polar surface area (TPSA) is 76.7 Å². The second-order valence-electron chi connectivity index (χ2n) is 6.55. The zero-order valence-electron chi connectivity index (χ0n) is 16.6. The van der Waals surface area contributed by atoms with Crippen molar-refractivity contribution in [3.8, 4) is 11.5 Å². The van der Waals surface area contributed by atoms with Gasteiger partial charge in [-0.3, -0.25) is 9.59 Å². The van der Waals surface area contributed by atoms with Crippen molar-refractivity contribution in [3.05, 3.63) is 82.3 Å². The summed E-state index contributed by atoms with van der Waals surface area (Å²) in [6.07, 6.45) is -0.741. The number of halogens is 2. The number of carbonyl (C=O) groups excluding carboxylic acids is 2. The van der Waals surface area contributed by atoms with E-state index in [1.165, 1.54) is 0 Å². The molecule has 0 aromatic heterocycles. The van der Waals surface area contributed by atoms with E-state index < -0.39 is 6.10 Å². The van der Waals surface area contributed by atoms with E-state index >= 15 is 0 Å². The van der Waals surface area contributed by atoms with Crippen LogP contribution in [0.4, 0.5) is 11.4 Å². The van der Waals surface area contributed by atoms with Gasteiger partial charge in [-0.25, -0.2) is 0 Å². The summed E-state index contributed by atoms with van der Waals surface area (Å²) in [4.78, 5) is 24.4. The molecule has 0 saturated heterocycles. The molecular weight excluding hydrogens is 484 g/mol. The number of nitrogens with one attached hydrogen (secondary N) is 2. The van der Waals surface area contributed by atoms with Crippen LogP contribution in [0.5, 0.6) is 11.5 Å². The molecule has 2 amide bonds. The molecule has 0 heterocycles. The van der Waals surface area contributed by atoms with Crippen LogP contribution in [-0.2, 0) is 9.59 Å². The van der Waals surface area contributed by atoms with Gasteiger partial charge in [0.25, 0.3) is 11.8 Å². The van der Waals surface area contributed by atoms with Crippen molar-refractivity contribution in [1.82, 2.24) is 0 Å². The number of hydrogen-bond donors (Lipinski definition) is 2. The Kier molecular flexibility index (Phi) is 7.92. The van der Waals surface area contributed by atoms with Crippen molar-refractivity contribution < 1.29 is 19.1 Å². The van der Waals surface area contributed by atoms with E-state index in [1.54, 1.807) is 67.6 Å². The minimum Gasteiger partial charge on any atom is -0.484 e. The van der Waals surface area contributed by atoms with E-state index in [2.05, 4.69) is 26.6 Å². The average molecular weight is 504 g/mol. The van der Waals surface area contributed by atoms with E-state index in [0.29, 0.717) is 27.9 Å². The van der Waals surface area contributed by atoms with Gasteiger partial charge in [-0.1, -0.05) is 39.7 Å². The maximum atomic E-state index is 12.4. The van der Waals surface area contributed by atoms with Gasteiger partial charge in [0.1, 0.15) is 11.5 Å². The van der Waals surface area contributed by atoms with Crippen molar-refractivity contribution in [1.29, 1.82) is 0 Å². The first kappa shape index (κ1) is 22.7. The Morgan fingerprint density at radius 1 is 0.935 bits per heavy atom. The number of rotatable bonds is 8. The molecule has 0 aliphatic rings. The van der Waals surface area contributed by atoms with E-state index in [0.717, 1.165) is 4.47 Å². The summed E-state index contributed by atoms with van der Waals surface area (Å²) in [5.41, 5.74) is 1.16. The molecule has 6 nitrogen and oxygen atoms in total. The zero-order chi connectivity index (χ0) is 22.2. The lowest BCUT2D eigenvalue weighted by molar-refractivity contribution is -0.122. The average Bonchev–Trinajstić information content (AvgIpc) is 2.76. The summed E-state index contributed by atoms with van der Waals surface area (Å²) >= 11 is 9.40. The van der Waals surface area contributed by atoms with Crippen LogP contribution in [0, 0.1) is 0 Å². The van der Waals surface area contributed by atoms with Crippen LogP contribution in [-0.4, -0.2) is 24.5 Å². The van der Waals surface area contributed by atoms with Crippen LogP contribution in [0.15, 0.2) is 77.3 Å². The fourth-order valence-corrected chi connectivity index (χ4v) is 2.99. The van der Waals surface area contributed by atoms with Gasteiger partial charge < -0.3 is 20.1 Å². The zero-order valence-corrected chi connectivity index (χ0v) is 18.9. The maximum Gasteiger partial charge on any atom is 0.265 e. The third-order valence-electron chi connectivity index (χ3n) is 4.13. The van der Waals surface area contributed by atoms with Gasteiger partial charge in [-0.05, 0) is 67.6 Å². The lowest BCUT2D eigenvalue weighted by atomic mass is 10.2. The molecule has 0 bridgehead atoms. The fraction of sp³-hybridized carbons (Fsp3) is 0.130. The summed E-state index contributed by atoms with van der Waals surface area (Å²) in [6, 6.07) is 20.9. The molecule has 0 fully saturated rings. The van der Waals surface area contributed by atoms with Crippen LogP contribution in [0.3, 0.4) is 0 Å². The molecule has 0 radical (unpaired) electrons. The van der Waals surface area contributed by atoms with E-state index in [1.807, 2.05) is 12.1 Å². The molecule has 0 aliphatic carbocycles. The minimum atomic E-state index is -0.741. The summed E-state index contributed by atoms with van der Waals surface area (Å²) in [5, 5.41) is 5.94. The highest BCUT2D eigenvalue weighted by Crippen LogP contribution is 2.24. The van der Waals surface area contributed by atoms with Gasteiger partial charge in [0.05, 0.1) is 5.02 Å². The molecule has 2 N–H and O–H groups in total. The van der Waals surface area contributed by atoms with E-state index in [9.17, 15) is 9.59 Å². The van der Waals surface area contributed by atoms with Gasteiger partial charge >= 0.3 is 0 Å². The number of carbonyl (C=O) groups is 2. The van der Waals surface area contributed by atoms with Gasteiger partial charge in [0.15, 0.2) is 12.7 Å². The maximum absolute atomic E-state index is 12.4. The highest BCUT2D eigenvalue weighted by atomic mass is 79.9. The number of amides is 2. The summed E-state index contributed by atoms with van der Waals surface area (Å²) in [7, 11) is 0. The van der Waals surface area contributed by atoms with Crippen LogP contribution >= 0.6 is 27.5 Å². The minimum absolute atomic E-state index is 0.114. The summed E-state index contributed by atoms with van der Waals surface area (Å²) in [6.45, 7) is 1.52. The Bertz CT molecular complexity index is 1040. The lowest BCUT2D eigenvalue weighted by Gasteiger charge is -2.15. The first-order valence-electron chi connectivity index (χ1n) is 9.41. The Balaban J connectivity index is 1.47. The highest BCUT2D eigenvalue weighted by molar-refractivity contribution is 9.10. The highest BCUT2D eigenvalue weighted by Gasteiger charge is 2.16. The van der Waals surface area contributed by atoms with E-state index in [4.69, 9.17) is 21.1 Å². The van der Waals surface area contributed by atoms with Crippen molar-refractivity contribution in [3.63, 3.8) is 0 Å². The van der Waals surface area contributed by atoms with Crippen molar-refractivity contribution in [2.45, 2.75) is 13.0 Å². The molecule has 3 aromatic rings. The number of ether oxygens (including phenoxy) is 2. The Hall–Kier alpha value is -3.03. The fourth-order valence-electron chi connectivity index (χ4n) is 2.54. The lowest BCUT2D eigenvalue weighted by Crippen LogP contribution is -2.30. The first-order valence-corrected chi connectivity index (χ1v) is 10.6. The molecule has 160 valence electrons. The molecule has 0 saturated carbocycles. The molecule has 1 unspecified atom stereocenters. The normalized spacial score (nSPS) is 11.3. The molecule has 8 heteroatoms. The second kappa shape index (κ2) is 10.8. The smallest absolute Gasteiger partial charge is 0.265 e. The first-order chi connectivity index (χ1) is 14.9. The molecule has 3 rings (SSSR count). The molecule has 1 atom stereocenters. The predicted octanol–water partition coefficient (Wildman–Crippen LogP) is 5.53. The van der Waals surface area contributed by atoms with Gasteiger partial charge in [0.2, 0.25) is 0 Å². The monoisotopic (exact) mass is 502 g/mol. The SMILES string of the molecule is CC(Oc1ccccc1Cl)C(=O)Nc1ccc(NC(=O)COc2ccc(Br)cc2)cc1. The molecule has 3 aromatic carbocycles. The van der Waals surface area contributed by atoms with Crippen molar-refractivity contribution in [2.24, 2.45) is 0 Å². The Labute approximate surface area is 193 Å². The number of hydrogen-bond acceptors (Lipinski definition) is 4. The standard InChI is InChI=1S/C23H20BrClN2O4/c1-15(31-21-5-3-2-4-20(21)25)23(29)27-18-10-8-17(9-11-18)26-22(28)14-30-19-12-6-16(24)7-13-19/h2-13,15H,14H2,1H3,(H,26,28)(H,27,29). The third-order valence-corrected chi connectivity index (χ3v) is 4.97. The van der Waals surface area contributed by atoms with Crippen LogP contribution in [0.1, 0.15) is 6.92 Å². The number of benzene rings is 3. The van der Waals surface area contributed by atoms with Crippen molar-refractivity contribution in [2.75, 3.05) is 17.2 Å². The predicted molar refractivity (Wildman–Crippen MR) is 125 cm³/mol. The third kappa shape index (κ3) is 7.01.